The molecule has 0 radical (unpaired) electrons. The molecule has 2 aliphatic rings. The smallest absolute Gasteiger partial charge is 0.387 e. The molecule has 10 N–H and O–H groups in total. The van der Waals surface area contributed by atoms with Gasteiger partial charge in [0.1, 0.15) is 47.9 Å². The Labute approximate surface area is 246 Å². The Kier molecular flexibility index (Phi) is 9.13. The average molecular weight is 664 g/mol. The summed E-state index contributed by atoms with van der Waals surface area (Å²) in [6, 6.07) is 2.83. The molecule has 3 aromatic heterocycles. The quantitative estimate of drug-likeness (QED) is 0.0747. The molecule has 0 saturated carbocycles. The Hall–Kier alpha value is -3.01. The number of phosphoric ester groups is 2. The van der Waals surface area contributed by atoms with Crippen LogP contribution in [0.15, 0.2) is 37.2 Å². The van der Waals surface area contributed by atoms with E-state index in [0.29, 0.717) is 0 Å². The zero-order valence-electron chi connectivity index (χ0n) is 22.2. The van der Waals surface area contributed by atoms with Gasteiger partial charge >= 0.3 is 15.6 Å². The lowest BCUT2D eigenvalue weighted by molar-refractivity contribution is -0.765. The van der Waals surface area contributed by atoms with Gasteiger partial charge < -0.3 is 51.2 Å². The summed E-state index contributed by atoms with van der Waals surface area (Å²) in [5.74, 6) is -0.714. The van der Waals surface area contributed by atoms with Gasteiger partial charge in [0.25, 0.3) is 12.1 Å². The number of carbonyl (C=O) groups is 1. The number of amides is 1. The molecule has 3 aromatic rings. The van der Waals surface area contributed by atoms with Crippen molar-refractivity contribution in [3.8, 4) is 0 Å². The van der Waals surface area contributed by atoms with E-state index >= 15 is 0 Å². The van der Waals surface area contributed by atoms with Crippen LogP contribution >= 0.6 is 15.6 Å². The summed E-state index contributed by atoms with van der Waals surface area (Å²) < 4.78 is 52.0. The molecule has 21 nitrogen and oxygen atoms in total. The highest BCUT2D eigenvalue weighted by atomic mass is 31.3. The number of aliphatic hydroxyl groups is 4. The predicted molar refractivity (Wildman–Crippen MR) is 139 cm³/mol. The number of ether oxygens (including phenoxy) is 2. The number of aliphatic hydroxyl groups excluding tert-OH is 4. The highest BCUT2D eigenvalue weighted by Gasteiger charge is 2.50. The van der Waals surface area contributed by atoms with Gasteiger partial charge in [0, 0.05) is 6.07 Å². The van der Waals surface area contributed by atoms with Crippen molar-refractivity contribution >= 4 is 38.5 Å². The minimum absolute atomic E-state index is 0.0505. The van der Waals surface area contributed by atoms with Crippen molar-refractivity contribution in [2.24, 2.45) is 5.73 Å². The van der Waals surface area contributed by atoms with E-state index in [1.165, 1.54) is 40.0 Å². The monoisotopic (exact) mass is 664 g/mol. The molecule has 2 fully saturated rings. The van der Waals surface area contributed by atoms with Crippen molar-refractivity contribution in [2.75, 3.05) is 18.9 Å². The lowest BCUT2D eigenvalue weighted by Gasteiger charge is -2.20. The topological polar surface area (TPSA) is 318 Å². The van der Waals surface area contributed by atoms with Gasteiger partial charge in [0.2, 0.25) is 0 Å². The third-order valence-corrected chi connectivity index (χ3v) is 9.35. The third kappa shape index (κ3) is 6.65. The molecule has 240 valence electrons. The fourth-order valence-corrected chi connectivity index (χ4v) is 6.67. The second-order valence-corrected chi connectivity index (χ2v) is 12.7. The van der Waals surface area contributed by atoms with E-state index in [1.807, 2.05) is 0 Å². The first-order valence-electron chi connectivity index (χ1n) is 12.6. The summed E-state index contributed by atoms with van der Waals surface area (Å²) in [7, 11) is -10.7. The number of carbonyl (C=O) groups excluding carboxylic acids is 1. The van der Waals surface area contributed by atoms with Crippen molar-refractivity contribution in [2.45, 2.75) is 49.1 Å². The van der Waals surface area contributed by atoms with Gasteiger partial charge in [-0.25, -0.2) is 24.1 Å². The van der Waals surface area contributed by atoms with Gasteiger partial charge in [0.05, 0.1) is 19.5 Å². The first kappa shape index (κ1) is 32.4. The van der Waals surface area contributed by atoms with E-state index in [4.69, 9.17) is 25.5 Å². The number of hydrogen-bond donors (Lipinski definition) is 8. The summed E-state index contributed by atoms with van der Waals surface area (Å²) in [5, 5.41) is 41.6. The van der Waals surface area contributed by atoms with Gasteiger partial charge in [-0.3, -0.25) is 18.4 Å². The van der Waals surface area contributed by atoms with Gasteiger partial charge in [0.15, 0.2) is 36.2 Å². The van der Waals surface area contributed by atoms with Gasteiger partial charge in [-0.1, -0.05) is 0 Å². The Balaban J connectivity index is 1.16. The first-order chi connectivity index (χ1) is 20.7. The van der Waals surface area contributed by atoms with Crippen molar-refractivity contribution in [3.63, 3.8) is 0 Å². The number of anilines is 1. The van der Waals surface area contributed by atoms with Crippen LogP contribution < -0.4 is 16.0 Å². The molecular formula is C21H28N7O14P2+. The number of nitrogens with two attached hydrogens (primary N) is 2. The number of primary amides is 1. The van der Waals surface area contributed by atoms with E-state index in [2.05, 4.69) is 23.8 Å². The van der Waals surface area contributed by atoms with Crippen molar-refractivity contribution in [3.05, 3.63) is 42.7 Å². The van der Waals surface area contributed by atoms with E-state index in [1.54, 1.807) is 0 Å². The molecule has 0 aromatic carbocycles. The SMILES string of the molecule is NC(=O)c1ccc[n+]([C@@H]2OC(COP(=O)(O)OP(=O)(O)OC[C@H]3O[C@@H](n4cnc5c(N)ncnc54)[C@H](O)[C@@H]3O)[C@@H](O)[C@H]2O)c1. The standard InChI is InChI=1S/C21H27N7O14P2/c22-17-12-19(25-7-24-17)28(8-26-12)21-16(32)14(30)11(41-21)6-39-44(36,37)42-43(34,35)38-5-10-13(29)15(31)20(40-10)27-3-1-2-9(4-27)18(23)33/h1-4,7-8,10-11,13-16,20-21,29-32H,5-6H2,(H5-,22,23,24,25,33,34,35,36,37)/p+1/t10?,11-,13-,14-,15-,16-,20-,21-/m1/s1. The second-order valence-electron chi connectivity index (χ2n) is 9.69. The fourth-order valence-electron chi connectivity index (χ4n) is 4.58. The maximum Gasteiger partial charge on any atom is 0.481 e. The Bertz CT molecular complexity index is 1630. The van der Waals surface area contributed by atoms with Crippen LogP contribution in [-0.4, -0.2) is 105 Å². The summed E-state index contributed by atoms with van der Waals surface area (Å²) in [6.45, 7) is -1.80. The van der Waals surface area contributed by atoms with E-state index in [0.717, 1.165) is 6.33 Å². The lowest BCUT2D eigenvalue weighted by atomic mass is 10.1. The summed E-state index contributed by atoms with van der Waals surface area (Å²) in [6.07, 6.45) is -6.85. The molecule has 5 heterocycles. The predicted octanol–water partition coefficient (Wildman–Crippen LogP) is -3.02. The number of pyridine rings is 1. The van der Waals surface area contributed by atoms with Crippen molar-refractivity contribution in [1.82, 2.24) is 19.5 Å². The van der Waals surface area contributed by atoms with Gasteiger partial charge in [-0.05, 0) is 6.07 Å². The van der Waals surface area contributed by atoms with Crippen molar-refractivity contribution < 1.29 is 71.5 Å². The Morgan fingerprint density at radius 2 is 1.61 bits per heavy atom. The second kappa shape index (κ2) is 12.4. The maximum absolute atomic E-state index is 12.4. The zero-order valence-corrected chi connectivity index (χ0v) is 24.0. The highest BCUT2D eigenvalue weighted by Crippen LogP contribution is 2.60. The Morgan fingerprint density at radius 1 is 0.977 bits per heavy atom. The van der Waals surface area contributed by atoms with E-state index in [-0.39, 0.29) is 22.5 Å². The molecule has 2 saturated heterocycles. The van der Waals surface area contributed by atoms with Crippen LogP contribution in [0.5, 0.6) is 0 Å². The number of aromatic nitrogens is 5. The maximum atomic E-state index is 12.4. The van der Waals surface area contributed by atoms with Gasteiger partial charge in [-0.15, -0.1) is 0 Å². The number of nitrogens with zero attached hydrogens (tertiary/aromatic N) is 5. The molecule has 44 heavy (non-hydrogen) atoms. The summed E-state index contributed by atoms with van der Waals surface area (Å²) in [4.78, 5) is 43.3. The fraction of sp³-hybridized carbons (Fsp3) is 0.476. The molecule has 0 bridgehead atoms. The molecule has 23 heteroatoms. The lowest BCUT2D eigenvalue weighted by Crippen LogP contribution is -2.46. The molecule has 0 spiro atoms. The van der Waals surface area contributed by atoms with Crippen LogP contribution in [-0.2, 0) is 32.0 Å². The molecule has 0 aliphatic carbocycles. The van der Waals surface area contributed by atoms with Crippen molar-refractivity contribution in [1.29, 1.82) is 0 Å². The number of nitrogen functional groups attached to an aromatic ring is 1. The van der Waals surface area contributed by atoms with Crippen LogP contribution in [0.1, 0.15) is 22.8 Å². The molecule has 10 atom stereocenters. The van der Waals surface area contributed by atoms with E-state index < -0.39 is 83.8 Å². The number of phosphoric acid groups is 2. The molecular weight excluding hydrogens is 636 g/mol. The number of hydrogen-bond acceptors (Lipinski definition) is 16. The van der Waals surface area contributed by atoms with Crippen LogP contribution in [0.4, 0.5) is 5.82 Å². The first-order valence-corrected chi connectivity index (χ1v) is 15.6. The molecule has 2 aliphatic heterocycles. The largest absolute Gasteiger partial charge is 0.481 e. The van der Waals surface area contributed by atoms with Crippen LogP contribution in [0.3, 0.4) is 0 Å². The molecule has 1 amide bonds. The highest BCUT2D eigenvalue weighted by molar-refractivity contribution is 7.61. The van der Waals surface area contributed by atoms with Crippen LogP contribution in [0.2, 0.25) is 0 Å². The van der Waals surface area contributed by atoms with E-state index in [9.17, 15) is 44.1 Å². The van der Waals surface area contributed by atoms with Crippen LogP contribution in [0, 0.1) is 0 Å². The summed E-state index contributed by atoms with van der Waals surface area (Å²) >= 11 is 0. The number of fused-ring (bicyclic) bond motifs is 1. The zero-order chi connectivity index (χ0) is 32.0. The third-order valence-electron chi connectivity index (χ3n) is 6.75. The molecule has 5 rings (SSSR count). The summed E-state index contributed by atoms with van der Waals surface area (Å²) in [5.41, 5.74) is 11.4. The number of imidazole rings is 1. The minimum atomic E-state index is -5.37. The van der Waals surface area contributed by atoms with Crippen LogP contribution in [0.25, 0.3) is 11.2 Å². The average Bonchev–Trinajstić information content (AvgIpc) is 3.61. The molecule has 3 unspecified atom stereocenters. The Morgan fingerprint density at radius 3 is 2.27 bits per heavy atom. The van der Waals surface area contributed by atoms with Gasteiger partial charge in [-0.2, -0.15) is 8.88 Å². The number of rotatable bonds is 11. The normalized spacial score (nSPS) is 31.6. The minimum Gasteiger partial charge on any atom is -0.387 e.